The summed E-state index contributed by atoms with van der Waals surface area (Å²) in [5.74, 6) is 0.637. The molecule has 2 atom stereocenters. The van der Waals surface area contributed by atoms with Gasteiger partial charge in [0.1, 0.15) is 6.10 Å². The zero-order valence-corrected chi connectivity index (χ0v) is 18.3. The highest BCUT2D eigenvalue weighted by Gasteiger charge is 2.41. The lowest BCUT2D eigenvalue weighted by atomic mass is 9.89. The first kappa shape index (κ1) is 21.4. The molecular formula is C25H33NO3. The summed E-state index contributed by atoms with van der Waals surface area (Å²) in [5, 5.41) is 24.6. The van der Waals surface area contributed by atoms with E-state index in [2.05, 4.69) is 32.9 Å². The molecule has 0 bridgehead atoms. The van der Waals surface area contributed by atoms with E-state index in [0.29, 0.717) is 29.8 Å². The van der Waals surface area contributed by atoms with Gasteiger partial charge in [0, 0.05) is 25.0 Å². The Kier molecular flexibility index (Phi) is 6.33. The van der Waals surface area contributed by atoms with Crippen molar-refractivity contribution in [2.45, 2.75) is 78.4 Å². The van der Waals surface area contributed by atoms with E-state index in [-0.39, 0.29) is 6.10 Å². The van der Waals surface area contributed by atoms with Crippen molar-refractivity contribution in [3.05, 3.63) is 64.0 Å². The van der Waals surface area contributed by atoms with E-state index in [1.54, 1.807) is 6.92 Å². The van der Waals surface area contributed by atoms with E-state index >= 15 is 0 Å². The molecule has 0 saturated heterocycles. The van der Waals surface area contributed by atoms with Crippen molar-refractivity contribution >= 4 is 10.9 Å². The molecule has 2 unspecified atom stereocenters. The highest BCUT2D eigenvalue weighted by atomic mass is 16.5. The molecule has 4 heteroatoms. The second-order valence-electron chi connectivity index (χ2n) is 8.78. The smallest absolute Gasteiger partial charge is 0.232 e. The lowest BCUT2D eigenvalue weighted by Gasteiger charge is -2.29. The van der Waals surface area contributed by atoms with Crippen LogP contribution < -0.4 is 9.47 Å². The number of nitrogens with zero attached hydrogens (tertiary/aromatic N) is 1. The first-order chi connectivity index (χ1) is 13.7. The number of hydrogen-bond donors (Lipinski definition) is 1. The van der Waals surface area contributed by atoms with Crippen LogP contribution in [-0.2, 0) is 6.42 Å². The van der Waals surface area contributed by atoms with E-state index < -0.39 is 5.60 Å². The van der Waals surface area contributed by atoms with Crippen LogP contribution in [0, 0.1) is 12.1 Å². The molecule has 1 N–H and O–H groups in total. The Morgan fingerprint density at radius 3 is 2.69 bits per heavy atom. The van der Waals surface area contributed by atoms with Gasteiger partial charge in [-0.2, -0.15) is 4.73 Å². The van der Waals surface area contributed by atoms with Crippen LogP contribution in [0.25, 0.3) is 10.9 Å². The second kappa shape index (κ2) is 8.58. The van der Waals surface area contributed by atoms with Gasteiger partial charge in [-0.05, 0) is 59.4 Å². The van der Waals surface area contributed by atoms with Crippen molar-refractivity contribution < 1.29 is 14.6 Å². The Morgan fingerprint density at radius 1 is 1.24 bits per heavy atom. The predicted molar refractivity (Wildman–Crippen MR) is 118 cm³/mol. The highest BCUT2D eigenvalue weighted by molar-refractivity contribution is 5.82. The van der Waals surface area contributed by atoms with Gasteiger partial charge in [0.05, 0.1) is 11.0 Å². The van der Waals surface area contributed by atoms with Gasteiger partial charge in [0.15, 0.2) is 5.75 Å². The number of rotatable bonds is 7. The molecule has 0 aliphatic carbocycles. The summed E-state index contributed by atoms with van der Waals surface area (Å²) < 4.78 is 7.08. The molecule has 4 nitrogen and oxygen atoms in total. The van der Waals surface area contributed by atoms with Crippen LogP contribution in [0.4, 0.5) is 0 Å². The standard InChI is InChI=1S/C25H33NO3/c1-17(2)10-8-11-18(3)12-9-15-25(5,27)23-16-21-20-13-6-7-14-22(20)26(28)19(4)24(21)29-23/h6-7,10,12-14,23,27H,8-9,11,15-16H2,1-5H3/b18-12+. The molecule has 0 amide bonds. The quantitative estimate of drug-likeness (QED) is 0.393. The van der Waals surface area contributed by atoms with Gasteiger partial charge in [-0.1, -0.05) is 35.4 Å². The minimum absolute atomic E-state index is 0.346. The Hall–Kier alpha value is -2.33. The lowest BCUT2D eigenvalue weighted by molar-refractivity contribution is -0.584. The van der Waals surface area contributed by atoms with Gasteiger partial charge < -0.3 is 15.1 Å². The summed E-state index contributed by atoms with van der Waals surface area (Å²) in [6, 6.07) is 7.61. The zero-order chi connectivity index (χ0) is 21.2. The summed E-state index contributed by atoms with van der Waals surface area (Å²) in [5.41, 5.74) is 3.99. The molecule has 1 aliphatic heterocycles. The minimum Gasteiger partial charge on any atom is -0.618 e. The summed E-state index contributed by atoms with van der Waals surface area (Å²) >= 11 is 0. The van der Waals surface area contributed by atoms with Crippen LogP contribution in [0.2, 0.25) is 0 Å². The van der Waals surface area contributed by atoms with Crippen molar-refractivity contribution in [1.82, 2.24) is 0 Å². The lowest BCUT2D eigenvalue weighted by Crippen LogP contribution is -2.42. The molecule has 0 saturated carbocycles. The Bertz CT molecular complexity index is 952. The fourth-order valence-corrected chi connectivity index (χ4v) is 4.06. The Labute approximate surface area is 174 Å². The summed E-state index contributed by atoms with van der Waals surface area (Å²) in [6.45, 7) is 10.0. The third kappa shape index (κ3) is 4.64. The number of aromatic nitrogens is 1. The van der Waals surface area contributed by atoms with E-state index in [1.807, 2.05) is 31.2 Å². The van der Waals surface area contributed by atoms with E-state index in [4.69, 9.17) is 4.74 Å². The van der Waals surface area contributed by atoms with Gasteiger partial charge in [0.25, 0.3) is 0 Å². The van der Waals surface area contributed by atoms with Gasteiger partial charge in [-0.3, -0.25) is 0 Å². The summed E-state index contributed by atoms with van der Waals surface area (Å²) in [6.07, 6.45) is 8.30. The molecule has 0 spiro atoms. The topological polar surface area (TPSA) is 56.4 Å². The number of hydrogen-bond acceptors (Lipinski definition) is 3. The SMILES string of the molecule is CC(C)=CCC/C(C)=C/CCC(C)(O)C1Cc2c(c(C)[n+]([O-])c3ccccc23)O1. The molecular weight excluding hydrogens is 362 g/mol. The maximum absolute atomic E-state index is 12.6. The van der Waals surface area contributed by atoms with Crippen molar-refractivity contribution in [3.63, 3.8) is 0 Å². The van der Waals surface area contributed by atoms with Crippen molar-refractivity contribution in [2.75, 3.05) is 0 Å². The molecule has 2 heterocycles. The average Bonchev–Trinajstić information content (AvgIpc) is 3.12. The molecule has 156 valence electrons. The average molecular weight is 396 g/mol. The van der Waals surface area contributed by atoms with Crippen molar-refractivity contribution in [2.24, 2.45) is 0 Å². The predicted octanol–water partition coefficient (Wildman–Crippen LogP) is 5.31. The molecule has 1 aromatic carbocycles. The molecule has 0 radical (unpaired) electrons. The Balaban J connectivity index is 1.70. The summed E-state index contributed by atoms with van der Waals surface area (Å²) in [7, 11) is 0. The van der Waals surface area contributed by atoms with Crippen LogP contribution in [0.1, 0.15) is 64.6 Å². The third-order valence-electron chi connectivity index (χ3n) is 5.93. The van der Waals surface area contributed by atoms with Crippen LogP contribution in [0.5, 0.6) is 5.75 Å². The maximum Gasteiger partial charge on any atom is 0.232 e. The van der Waals surface area contributed by atoms with Crippen molar-refractivity contribution in [1.29, 1.82) is 0 Å². The first-order valence-electron chi connectivity index (χ1n) is 10.5. The van der Waals surface area contributed by atoms with E-state index in [0.717, 1.165) is 34.9 Å². The van der Waals surface area contributed by atoms with Crippen LogP contribution >= 0.6 is 0 Å². The van der Waals surface area contributed by atoms with Crippen LogP contribution in [0.3, 0.4) is 0 Å². The monoisotopic (exact) mass is 395 g/mol. The second-order valence-corrected chi connectivity index (χ2v) is 8.78. The largest absolute Gasteiger partial charge is 0.618 e. The van der Waals surface area contributed by atoms with Crippen molar-refractivity contribution in [3.8, 4) is 5.75 Å². The number of para-hydroxylation sites is 1. The van der Waals surface area contributed by atoms with Gasteiger partial charge in [0.2, 0.25) is 11.2 Å². The number of benzene rings is 1. The Morgan fingerprint density at radius 2 is 1.97 bits per heavy atom. The van der Waals surface area contributed by atoms with Gasteiger partial charge in [-0.15, -0.1) is 0 Å². The maximum atomic E-state index is 12.6. The third-order valence-corrected chi connectivity index (χ3v) is 5.93. The number of allylic oxidation sites excluding steroid dienone is 4. The molecule has 2 aromatic rings. The molecule has 1 aliphatic rings. The number of fused-ring (bicyclic) bond motifs is 3. The van der Waals surface area contributed by atoms with E-state index in [1.165, 1.54) is 11.1 Å². The molecule has 3 rings (SSSR count). The zero-order valence-electron chi connectivity index (χ0n) is 18.3. The molecule has 29 heavy (non-hydrogen) atoms. The fourth-order valence-electron chi connectivity index (χ4n) is 4.06. The number of ether oxygens (including phenoxy) is 1. The van der Waals surface area contributed by atoms with Gasteiger partial charge >= 0.3 is 0 Å². The van der Waals surface area contributed by atoms with Crippen LogP contribution in [-0.4, -0.2) is 16.8 Å². The van der Waals surface area contributed by atoms with Crippen LogP contribution in [0.15, 0.2) is 47.6 Å². The number of pyridine rings is 1. The highest BCUT2D eigenvalue weighted by Crippen LogP contribution is 2.39. The van der Waals surface area contributed by atoms with Gasteiger partial charge in [-0.25, -0.2) is 0 Å². The summed E-state index contributed by atoms with van der Waals surface area (Å²) in [4.78, 5) is 0. The molecule has 0 fully saturated rings. The first-order valence-corrected chi connectivity index (χ1v) is 10.5. The van der Waals surface area contributed by atoms with E-state index in [9.17, 15) is 10.3 Å². The number of aliphatic hydroxyl groups is 1. The fraction of sp³-hybridized carbons (Fsp3) is 0.480. The minimum atomic E-state index is -0.961. The molecule has 1 aromatic heterocycles. The normalized spacial score (nSPS) is 18.3.